The molecule has 2 aromatic rings. The van der Waals surface area contributed by atoms with Crippen molar-refractivity contribution in [3.63, 3.8) is 0 Å². The van der Waals surface area contributed by atoms with Crippen molar-refractivity contribution in [2.75, 3.05) is 0 Å². The van der Waals surface area contributed by atoms with E-state index in [1.165, 1.54) is 0 Å². The van der Waals surface area contributed by atoms with Gasteiger partial charge in [0, 0.05) is 11.1 Å². The van der Waals surface area contributed by atoms with Gasteiger partial charge in [0.05, 0.1) is 15.1 Å². The maximum atomic E-state index is 10.6. The van der Waals surface area contributed by atoms with E-state index in [0.717, 1.165) is 11.8 Å². The molecule has 0 bridgehead atoms. The van der Waals surface area contributed by atoms with E-state index < -0.39 is 0 Å². The fourth-order valence-electron chi connectivity index (χ4n) is 1.52. The second-order valence-corrected chi connectivity index (χ2v) is 5.00. The summed E-state index contributed by atoms with van der Waals surface area (Å²) in [6.07, 6.45) is 0.726. The molecule has 0 fully saturated rings. The van der Waals surface area contributed by atoms with Gasteiger partial charge in [-0.1, -0.05) is 46.9 Å². The van der Waals surface area contributed by atoms with Crippen molar-refractivity contribution in [3.8, 4) is 5.75 Å². The maximum Gasteiger partial charge on any atom is 0.150 e. The highest BCUT2D eigenvalue weighted by Gasteiger charge is 2.07. The van der Waals surface area contributed by atoms with Gasteiger partial charge < -0.3 is 4.74 Å². The number of halogens is 3. The van der Waals surface area contributed by atoms with Crippen molar-refractivity contribution in [2.24, 2.45) is 0 Å². The third kappa shape index (κ3) is 3.41. The van der Waals surface area contributed by atoms with Crippen molar-refractivity contribution in [1.82, 2.24) is 0 Å². The molecule has 2 aromatic carbocycles. The highest BCUT2D eigenvalue weighted by Crippen LogP contribution is 2.29. The number of hydrogen-bond donors (Lipinski definition) is 0. The third-order valence-electron chi connectivity index (χ3n) is 2.51. The molecule has 0 aliphatic heterocycles. The van der Waals surface area contributed by atoms with E-state index in [-0.39, 0.29) is 6.61 Å². The van der Waals surface area contributed by atoms with Crippen LogP contribution < -0.4 is 4.74 Å². The molecule has 0 radical (unpaired) electrons. The van der Waals surface area contributed by atoms with E-state index >= 15 is 0 Å². The average molecular weight is 316 g/mol. The lowest BCUT2D eigenvalue weighted by Gasteiger charge is -2.10. The van der Waals surface area contributed by atoms with Gasteiger partial charge in [0.15, 0.2) is 0 Å². The van der Waals surface area contributed by atoms with Gasteiger partial charge >= 0.3 is 0 Å². The van der Waals surface area contributed by atoms with Crippen LogP contribution >= 0.6 is 34.8 Å². The van der Waals surface area contributed by atoms with Crippen LogP contribution in [0.3, 0.4) is 0 Å². The quantitative estimate of drug-likeness (QED) is 0.739. The van der Waals surface area contributed by atoms with Gasteiger partial charge in [-0.3, -0.25) is 4.79 Å². The Balaban J connectivity index is 2.14. The summed E-state index contributed by atoms with van der Waals surface area (Å²) in [7, 11) is 0. The zero-order valence-corrected chi connectivity index (χ0v) is 12.0. The van der Waals surface area contributed by atoms with E-state index in [1.54, 1.807) is 30.3 Å². The lowest BCUT2D eigenvalue weighted by molar-refractivity contribution is 0.112. The molecule has 0 amide bonds. The number of aldehydes is 1. The van der Waals surface area contributed by atoms with Crippen molar-refractivity contribution in [3.05, 3.63) is 62.6 Å². The Kier molecular flexibility index (Phi) is 4.70. The number of carbonyl (C=O) groups is 1. The van der Waals surface area contributed by atoms with Crippen LogP contribution in [-0.4, -0.2) is 6.29 Å². The Hall–Kier alpha value is -1.22. The topological polar surface area (TPSA) is 26.3 Å². The van der Waals surface area contributed by atoms with E-state index in [2.05, 4.69) is 0 Å². The van der Waals surface area contributed by atoms with Crippen molar-refractivity contribution in [1.29, 1.82) is 0 Å². The number of carbonyl (C=O) groups excluding carboxylic acids is 1. The Morgan fingerprint density at radius 3 is 2.53 bits per heavy atom. The second-order valence-electron chi connectivity index (χ2n) is 3.81. The number of ether oxygens (including phenoxy) is 1. The largest absolute Gasteiger partial charge is 0.487 e. The number of benzene rings is 2. The molecule has 0 atom stereocenters. The minimum Gasteiger partial charge on any atom is -0.487 e. The SMILES string of the molecule is O=Cc1ccc(OCc2cccc(Cl)c2Cl)c(Cl)c1. The second kappa shape index (κ2) is 6.29. The normalized spacial score (nSPS) is 10.3. The summed E-state index contributed by atoms with van der Waals surface area (Å²) >= 11 is 18.0. The average Bonchev–Trinajstić information content (AvgIpc) is 2.41. The molecule has 2 rings (SSSR count). The van der Waals surface area contributed by atoms with Crippen LogP contribution in [0.15, 0.2) is 36.4 Å². The fourth-order valence-corrected chi connectivity index (χ4v) is 2.14. The van der Waals surface area contributed by atoms with E-state index in [4.69, 9.17) is 39.5 Å². The minimum absolute atomic E-state index is 0.250. The molecule has 0 spiro atoms. The molecule has 0 heterocycles. The summed E-state index contributed by atoms with van der Waals surface area (Å²) in [6, 6.07) is 10.1. The van der Waals surface area contributed by atoms with Gasteiger partial charge in [-0.05, 0) is 24.3 Å². The highest BCUT2D eigenvalue weighted by atomic mass is 35.5. The molecule has 2 nitrogen and oxygen atoms in total. The molecule has 0 aliphatic rings. The van der Waals surface area contributed by atoms with Crippen molar-refractivity contribution < 1.29 is 9.53 Å². The van der Waals surface area contributed by atoms with Crippen molar-refractivity contribution in [2.45, 2.75) is 6.61 Å². The smallest absolute Gasteiger partial charge is 0.150 e. The molecule has 0 aromatic heterocycles. The Morgan fingerprint density at radius 1 is 1.05 bits per heavy atom. The van der Waals surface area contributed by atoms with Crippen LogP contribution in [-0.2, 0) is 6.61 Å². The molecule has 0 saturated carbocycles. The van der Waals surface area contributed by atoms with Gasteiger partial charge in [-0.2, -0.15) is 0 Å². The van der Waals surface area contributed by atoms with Crippen LogP contribution in [0.1, 0.15) is 15.9 Å². The summed E-state index contributed by atoms with van der Waals surface area (Å²) in [5.41, 5.74) is 1.27. The highest BCUT2D eigenvalue weighted by molar-refractivity contribution is 6.42. The van der Waals surface area contributed by atoms with Gasteiger partial charge in [0.25, 0.3) is 0 Å². The molecular weight excluding hydrogens is 307 g/mol. The van der Waals surface area contributed by atoms with Crippen LogP contribution in [0.25, 0.3) is 0 Å². The van der Waals surface area contributed by atoms with Gasteiger partial charge in [-0.25, -0.2) is 0 Å². The lowest BCUT2D eigenvalue weighted by Crippen LogP contribution is -1.97. The number of hydrogen-bond acceptors (Lipinski definition) is 2. The van der Waals surface area contributed by atoms with Gasteiger partial charge in [0.1, 0.15) is 18.6 Å². The molecule has 5 heteroatoms. The summed E-state index contributed by atoms with van der Waals surface area (Å²) in [6.45, 7) is 0.250. The first-order valence-electron chi connectivity index (χ1n) is 5.42. The van der Waals surface area contributed by atoms with Crippen molar-refractivity contribution >= 4 is 41.1 Å². The first-order chi connectivity index (χ1) is 9.11. The minimum atomic E-state index is 0.250. The third-order valence-corrected chi connectivity index (χ3v) is 3.66. The van der Waals surface area contributed by atoms with Crippen LogP contribution in [0, 0.1) is 0 Å². The van der Waals surface area contributed by atoms with E-state index in [9.17, 15) is 4.79 Å². The van der Waals surface area contributed by atoms with E-state index in [1.807, 2.05) is 6.07 Å². The molecule has 19 heavy (non-hydrogen) atoms. The lowest BCUT2D eigenvalue weighted by atomic mass is 10.2. The fraction of sp³-hybridized carbons (Fsp3) is 0.0714. The maximum absolute atomic E-state index is 10.6. The first-order valence-corrected chi connectivity index (χ1v) is 6.55. The zero-order valence-electron chi connectivity index (χ0n) is 9.70. The van der Waals surface area contributed by atoms with Crippen LogP contribution in [0.2, 0.25) is 15.1 Å². The summed E-state index contributed by atoms with van der Waals surface area (Å²) in [4.78, 5) is 10.6. The zero-order chi connectivity index (χ0) is 13.8. The first kappa shape index (κ1) is 14.2. The molecule has 98 valence electrons. The molecule has 0 saturated heterocycles. The standard InChI is InChI=1S/C14H9Cl3O2/c15-11-3-1-2-10(14(11)17)8-19-13-5-4-9(7-18)6-12(13)16/h1-7H,8H2. The molecule has 0 N–H and O–H groups in total. The number of rotatable bonds is 4. The molecule has 0 unspecified atom stereocenters. The molecule has 0 aliphatic carbocycles. The molecular formula is C14H9Cl3O2. The van der Waals surface area contributed by atoms with Crippen LogP contribution in [0.5, 0.6) is 5.75 Å². The predicted molar refractivity (Wildman–Crippen MR) is 77.6 cm³/mol. The van der Waals surface area contributed by atoms with Crippen LogP contribution in [0.4, 0.5) is 0 Å². The Bertz CT molecular complexity index is 612. The Morgan fingerprint density at radius 2 is 1.84 bits per heavy atom. The monoisotopic (exact) mass is 314 g/mol. The summed E-state index contributed by atoms with van der Waals surface area (Å²) in [5.74, 6) is 0.489. The predicted octanol–water partition coefficient (Wildman–Crippen LogP) is 5.04. The van der Waals surface area contributed by atoms with Gasteiger partial charge in [0.2, 0.25) is 0 Å². The van der Waals surface area contributed by atoms with Gasteiger partial charge in [-0.15, -0.1) is 0 Å². The summed E-state index contributed by atoms with van der Waals surface area (Å²) in [5, 5.41) is 1.32. The Labute approximate surface area is 125 Å². The van der Waals surface area contributed by atoms with E-state index in [0.29, 0.717) is 26.4 Å². The summed E-state index contributed by atoms with van der Waals surface area (Å²) < 4.78 is 5.57.